The van der Waals surface area contributed by atoms with Crippen LogP contribution in [0, 0.1) is 0 Å². The topological polar surface area (TPSA) is 28.4 Å². The van der Waals surface area contributed by atoms with Gasteiger partial charge in [-0.15, -0.1) is 0 Å². The third kappa shape index (κ3) is 5.33. The average molecular weight is 224 g/mol. The van der Waals surface area contributed by atoms with Gasteiger partial charge in [0.05, 0.1) is 12.5 Å². The van der Waals surface area contributed by atoms with Crippen molar-refractivity contribution >= 4 is 0 Å². The normalized spacial score (nSPS) is 11.2. The van der Waals surface area contributed by atoms with Gasteiger partial charge in [-0.05, 0) is 25.6 Å². The predicted molar refractivity (Wildman–Crippen MR) is 67.4 cm³/mol. The molecule has 0 atom stereocenters. The van der Waals surface area contributed by atoms with Crippen LogP contribution >= 0.6 is 0 Å². The Morgan fingerprint density at radius 3 is 2.81 bits per heavy atom. The van der Waals surface area contributed by atoms with Gasteiger partial charge in [0, 0.05) is 25.2 Å². The number of hydrogen-bond donors (Lipinski definition) is 1. The van der Waals surface area contributed by atoms with Crippen LogP contribution in [0.5, 0.6) is 0 Å². The van der Waals surface area contributed by atoms with Crippen molar-refractivity contribution in [3.05, 3.63) is 24.2 Å². The van der Waals surface area contributed by atoms with Crippen LogP contribution in [0.25, 0.3) is 0 Å². The van der Waals surface area contributed by atoms with Crippen LogP contribution in [0.15, 0.2) is 23.0 Å². The summed E-state index contributed by atoms with van der Waals surface area (Å²) in [6.07, 6.45) is 6.09. The molecule has 0 bridgehead atoms. The van der Waals surface area contributed by atoms with Crippen molar-refractivity contribution in [3.8, 4) is 0 Å². The zero-order chi connectivity index (χ0) is 11.6. The highest BCUT2D eigenvalue weighted by Crippen LogP contribution is 1.98. The van der Waals surface area contributed by atoms with E-state index >= 15 is 0 Å². The second-order valence-electron chi connectivity index (χ2n) is 4.10. The van der Waals surface area contributed by atoms with Crippen molar-refractivity contribution < 1.29 is 4.42 Å². The van der Waals surface area contributed by atoms with Crippen LogP contribution in [-0.2, 0) is 6.54 Å². The molecule has 0 aliphatic carbocycles. The lowest BCUT2D eigenvalue weighted by Gasteiger charge is -2.19. The Kier molecular flexibility index (Phi) is 6.93. The zero-order valence-corrected chi connectivity index (χ0v) is 10.5. The van der Waals surface area contributed by atoms with Gasteiger partial charge >= 0.3 is 0 Å². The Labute approximate surface area is 98.8 Å². The molecular weight excluding hydrogens is 200 g/mol. The highest BCUT2D eigenvalue weighted by Gasteiger charge is 2.00. The molecule has 1 heterocycles. The summed E-state index contributed by atoms with van der Waals surface area (Å²) in [5, 5.41) is 3.43. The standard InChI is InChI=1S/C13H24N2O/c1-3-5-8-15(4-2)9-7-14-11-13-6-10-16-12-13/h6,10,12,14H,3-5,7-9,11H2,1-2H3. The molecule has 0 saturated carbocycles. The molecule has 1 aromatic rings. The molecule has 0 spiro atoms. The van der Waals surface area contributed by atoms with E-state index in [0.717, 1.165) is 26.2 Å². The highest BCUT2D eigenvalue weighted by molar-refractivity contribution is 5.04. The summed E-state index contributed by atoms with van der Waals surface area (Å²) >= 11 is 0. The van der Waals surface area contributed by atoms with Crippen molar-refractivity contribution in [1.82, 2.24) is 10.2 Å². The lowest BCUT2D eigenvalue weighted by molar-refractivity contribution is 0.282. The third-order valence-electron chi connectivity index (χ3n) is 2.79. The lowest BCUT2D eigenvalue weighted by Crippen LogP contribution is -2.32. The minimum absolute atomic E-state index is 0.905. The molecule has 0 saturated heterocycles. The van der Waals surface area contributed by atoms with Gasteiger partial charge in [0.15, 0.2) is 0 Å². The summed E-state index contributed by atoms with van der Waals surface area (Å²) in [5.41, 5.74) is 1.22. The van der Waals surface area contributed by atoms with Crippen molar-refractivity contribution in [2.45, 2.75) is 33.2 Å². The number of furan rings is 1. The van der Waals surface area contributed by atoms with Gasteiger partial charge in [0.25, 0.3) is 0 Å². The first-order valence-corrected chi connectivity index (χ1v) is 6.31. The summed E-state index contributed by atoms with van der Waals surface area (Å²) < 4.78 is 5.02. The second-order valence-corrected chi connectivity index (χ2v) is 4.10. The number of likely N-dealkylation sites (N-methyl/N-ethyl adjacent to an activating group) is 1. The van der Waals surface area contributed by atoms with E-state index in [1.54, 1.807) is 12.5 Å². The van der Waals surface area contributed by atoms with E-state index in [1.807, 2.05) is 6.07 Å². The van der Waals surface area contributed by atoms with Gasteiger partial charge in [0.2, 0.25) is 0 Å². The number of rotatable bonds is 9. The molecule has 1 rings (SSSR count). The fourth-order valence-corrected chi connectivity index (χ4v) is 1.67. The first-order chi connectivity index (χ1) is 7.86. The molecule has 0 radical (unpaired) electrons. The molecule has 3 heteroatoms. The summed E-state index contributed by atoms with van der Waals surface area (Å²) in [6.45, 7) is 9.92. The largest absolute Gasteiger partial charge is 0.472 e. The average Bonchev–Trinajstić information content (AvgIpc) is 2.81. The van der Waals surface area contributed by atoms with E-state index in [2.05, 4.69) is 24.1 Å². The number of nitrogens with one attached hydrogen (secondary N) is 1. The minimum Gasteiger partial charge on any atom is -0.472 e. The van der Waals surface area contributed by atoms with Crippen molar-refractivity contribution in [1.29, 1.82) is 0 Å². The summed E-state index contributed by atoms with van der Waals surface area (Å²) in [7, 11) is 0. The van der Waals surface area contributed by atoms with Crippen LogP contribution in [0.2, 0.25) is 0 Å². The Hall–Kier alpha value is -0.800. The van der Waals surface area contributed by atoms with Crippen LogP contribution in [-0.4, -0.2) is 31.1 Å². The van der Waals surface area contributed by atoms with Gasteiger partial charge in [0.1, 0.15) is 0 Å². The third-order valence-corrected chi connectivity index (χ3v) is 2.79. The van der Waals surface area contributed by atoms with E-state index in [9.17, 15) is 0 Å². The smallest absolute Gasteiger partial charge is 0.0947 e. The SMILES string of the molecule is CCCCN(CC)CCNCc1ccoc1. The molecule has 1 N–H and O–H groups in total. The lowest BCUT2D eigenvalue weighted by atomic mass is 10.3. The monoisotopic (exact) mass is 224 g/mol. The maximum atomic E-state index is 5.02. The summed E-state index contributed by atoms with van der Waals surface area (Å²) in [5.74, 6) is 0. The van der Waals surface area contributed by atoms with Crippen LogP contribution < -0.4 is 5.32 Å². The van der Waals surface area contributed by atoms with E-state index in [0.29, 0.717) is 0 Å². The summed E-state index contributed by atoms with van der Waals surface area (Å²) in [6, 6.07) is 2.00. The molecule has 0 aliphatic rings. The van der Waals surface area contributed by atoms with Crippen LogP contribution in [0.3, 0.4) is 0 Å². The summed E-state index contributed by atoms with van der Waals surface area (Å²) in [4.78, 5) is 2.49. The van der Waals surface area contributed by atoms with Crippen molar-refractivity contribution in [2.24, 2.45) is 0 Å². The van der Waals surface area contributed by atoms with E-state index in [-0.39, 0.29) is 0 Å². The van der Waals surface area contributed by atoms with Gasteiger partial charge in [-0.3, -0.25) is 0 Å². The maximum absolute atomic E-state index is 5.02. The van der Waals surface area contributed by atoms with Gasteiger partial charge < -0.3 is 14.6 Å². The fraction of sp³-hybridized carbons (Fsp3) is 0.692. The van der Waals surface area contributed by atoms with E-state index in [4.69, 9.17) is 4.42 Å². The van der Waals surface area contributed by atoms with Crippen LogP contribution in [0.1, 0.15) is 32.3 Å². The molecule has 0 aliphatic heterocycles. The Morgan fingerprint density at radius 1 is 1.31 bits per heavy atom. The quantitative estimate of drug-likeness (QED) is 0.653. The highest BCUT2D eigenvalue weighted by atomic mass is 16.3. The molecule has 0 unspecified atom stereocenters. The second kappa shape index (κ2) is 8.36. The molecule has 16 heavy (non-hydrogen) atoms. The number of hydrogen-bond acceptors (Lipinski definition) is 3. The fourth-order valence-electron chi connectivity index (χ4n) is 1.67. The zero-order valence-electron chi connectivity index (χ0n) is 10.5. The Bertz CT molecular complexity index is 246. The number of nitrogens with zero attached hydrogens (tertiary/aromatic N) is 1. The molecule has 1 aromatic heterocycles. The van der Waals surface area contributed by atoms with Gasteiger partial charge in [-0.1, -0.05) is 20.3 Å². The van der Waals surface area contributed by atoms with Crippen molar-refractivity contribution in [2.75, 3.05) is 26.2 Å². The van der Waals surface area contributed by atoms with E-state index < -0.39 is 0 Å². The van der Waals surface area contributed by atoms with Crippen LogP contribution in [0.4, 0.5) is 0 Å². The molecule has 0 amide bonds. The Balaban J connectivity index is 2.04. The molecule has 0 aromatic carbocycles. The molecule has 3 nitrogen and oxygen atoms in total. The van der Waals surface area contributed by atoms with Crippen molar-refractivity contribution in [3.63, 3.8) is 0 Å². The first-order valence-electron chi connectivity index (χ1n) is 6.31. The maximum Gasteiger partial charge on any atom is 0.0947 e. The molecular formula is C13H24N2O. The molecule has 0 fully saturated rings. The minimum atomic E-state index is 0.905. The predicted octanol–water partition coefficient (Wildman–Crippen LogP) is 2.49. The van der Waals surface area contributed by atoms with Gasteiger partial charge in [-0.2, -0.15) is 0 Å². The van der Waals surface area contributed by atoms with Gasteiger partial charge in [-0.25, -0.2) is 0 Å². The molecule has 92 valence electrons. The first kappa shape index (κ1) is 13.3. The number of unbranched alkanes of at least 4 members (excludes halogenated alkanes) is 1. The van der Waals surface area contributed by atoms with E-state index in [1.165, 1.54) is 24.9 Å². The Morgan fingerprint density at radius 2 is 2.19 bits per heavy atom.